The predicted molar refractivity (Wildman–Crippen MR) is 118 cm³/mol. The fourth-order valence-corrected chi connectivity index (χ4v) is 4.23. The second-order valence-corrected chi connectivity index (χ2v) is 8.22. The minimum atomic E-state index is -0.107. The zero-order valence-electron chi connectivity index (χ0n) is 17.4. The molecule has 1 unspecified atom stereocenters. The van der Waals surface area contributed by atoms with E-state index in [0.29, 0.717) is 23.5 Å². The van der Waals surface area contributed by atoms with Gasteiger partial charge in [-0.1, -0.05) is 5.16 Å². The molecule has 1 aliphatic rings. The van der Waals surface area contributed by atoms with Crippen molar-refractivity contribution in [3.8, 4) is 16.6 Å². The number of thiazole rings is 1. The molecule has 1 aliphatic heterocycles. The van der Waals surface area contributed by atoms with Gasteiger partial charge in [0.25, 0.3) is 0 Å². The summed E-state index contributed by atoms with van der Waals surface area (Å²) in [5, 5.41) is 26.4. The molecule has 4 aromatic rings. The van der Waals surface area contributed by atoms with Gasteiger partial charge in [0.05, 0.1) is 12.6 Å². The van der Waals surface area contributed by atoms with Gasteiger partial charge in [0.1, 0.15) is 23.1 Å². The highest BCUT2D eigenvalue weighted by Crippen LogP contribution is 2.37. The average molecular weight is 455 g/mol. The highest BCUT2D eigenvalue weighted by Gasteiger charge is 2.32. The molecule has 5 rings (SSSR count). The topological polar surface area (TPSA) is 138 Å². The van der Waals surface area contributed by atoms with Gasteiger partial charge in [-0.05, 0) is 19.8 Å². The van der Waals surface area contributed by atoms with Gasteiger partial charge in [-0.15, -0.1) is 11.3 Å². The molecule has 12 heteroatoms. The fourth-order valence-electron chi connectivity index (χ4n) is 3.64. The summed E-state index contributed by atoms with van der Waals surface area (Å²) >= 11 is 1.52. The number of rotatable bonds is 8. The van der Waals surface area contributed by atoms with Crippen molar-refractivity contribution in [2.45, 2.75) is 25.8 Å². The summed E-state index contributed by atoms with van der Waals surface area (Å²) in [5.74, 6) is 2.80. The summed E-state index contributed by atoms with van der Waals surface area (Å²) in [7, 11) is 0. The van der Waals surface area contributed by atoms with Crippen LogP contribution in [-0.4, -0.2) is 55.2 Å². The number of aliphatic hydroxyl groups excluding tert-OH is 1. The van der Waals surface area contributed by atoms with Crippen LogP contribution in [0.4, 0.5) is 17.6 Å². The Labute approximate surface area is 187 Å². The van der Waals surface area contributed by atoms with Crippen molar-refractivity contribution in [1.29, 1.82) is 0 Å². The lowest BCUT2D eigenvalue weighted by atomic mass is 10.1. The number of aromatic nitrogens is 6. The lowest BCUT2D eigenvalue weighted by Gasteiger charge is -2.23. The maximum atomic E-state index is 9.15. The number of hydrogen-bond acceptors (Lipinski definition) is 11. The van der Waals surface area contributed by atoms with E-state index in [-0.39, 0.29) is 19.3 Å². The van der Waals surface area contributed by atoms with Crippen LogP contribution in [0.25, 0.3) is 10.7 Å². The maximum absolute atomic E-state index is 9.15. The van der Waals surface area contributed by atoms with Crippen LogP contribution < -0.4 is 15.0 Å². The highest BCUT2D eigenvalue weighted by atomic mass is 32.1. The number of H-pyrrole nitrogens is 1. The van der Waals surface area contributed by atoms with Crippen molar-refractivity contribution in [1.82, 2.24) is 30.3 Å². The summed E-state index contributed by atoms with van der Waals surface area (Å²) in [6, 6.07) is 5.44. The molecule has 0 radical (unpaired) electrons. The second-order valence-electron chi connectivity index (χ2n) is 7.33. The Hall–Kier alpha value is -3.51. The van der Waals surface area contributed by atoms with Crippen molar-refractivity contribution in [2.75, 3.05) is 30.0 Å². The van der Waals surface area contributed by atoms with Crippen LogP contribution in [0.1, 0.15) is 30.3 Å². The highest BCUT2D eigenvalue weighted by molar-refractivity contribution is 7.13. The quantitative estimate of drug-likeness (QED) is 0.364. The minimum absolute atomic E-state index is 0.0511. The Morgan fingerprint density at radius 1 is 1.31 bits per heavy atom. The van der Waals surface area contributed by atoms with Gasteiger partial charge in [0, 0.05) is 42.0 Å². The Bertz CT molecular complexity index is 1180. The SMILES string of the molecule is Cc1cc(Nc2cc(OCCO)nc(N3CCCC3c3cc(-c4nccs4)no3)n2)n[nH]1. The van der Waals surface area contributed by atoms with Crippen molar-refractivity contribution in [2.24, 2.45) is 0 Å². The number of anilines is 3. The lowest BCUT2D eigenvalue weighted by molar-refractivity contribution is 0.196. The first-order chi connectivity index (χ1) is 15.7. The van der Waals surface area contributed by atoms with Crippen molar-refractivity contribution >= 4 is 28.9 Å². The van der Waals surface area contributed by atoms with Gasteiger partial charge < -0.3 is 24.6 Å². The average Bonchev–Trinajstić information content (AvgIpc) is 3.59. The summed E-state index contributed by atoms with van der Waals surface area (Å²) in [6.45, 7) is 2.72. The van der Waals surface area contributed by atoms with Gasteiger partial charge in [-0.2, -0.15) is 15.1 Å². The first-order valence-corrected chi connectivity index (χ1v) is 11.1. The number of nitrogens with one attached hydrogen (secondary N) is 2. The molecule has 166 valence electrons. The van der Waals surface area contributed by atoms with Gasteiger partial charge in [0.2, 0.25) is 11.8 Å². The molecule has 0 spiro atoms. The first-order valence-electron chi connectivity index (χ1n) is 10.2. The Morgan fingerprint density at radius 2 is 2.25 bits per heavy atom. The third kappa shape index (κ3) is 4.27. The third-order valence-corrected chi connectivity index (χ3v) is 5.81. The molecule has 0 aromatic carbocycles. The van der Waals surface area contributed by atoms with Gasteiger partial charge in [-0.25, -0.2) is 4.98 Å². The second kappa shape index (κ2) is 8.93. The Kier molecular flexibility index (Phi) is 5.69. The van der Waals surface area contributed by atoms with E-state index in [1.54, 1.807) is 12.3 Å². The molecule has 5 heterocycles. The zero-order chi connectivity index (χ0) is 21.9. The number of nitrogens with zero attached hydrogens (tertiary/aromatic N) is 6. The van der Waals surface area contributed by atoms with Crippen LogP contribution in [0.2, 0.25) is 0 Å². The number of hydrogen-bond donors (Lipinski definition) is 3. The Morgan fingerprint density at radius 3 is 3.03 bits per heavy atom. The van der Waals surface area contributed by atoms with Crippen molar-refractivity contribution in [3.63, 3.8) is 0 Å². The maximum Gasteiger partial charge on any atom is 0.231 e. The molecular weight excluding hydrogens is 432 g/mol. The number of aryl methyl sites for hydroxylation is 1. The van der Waals surface area contributed by atoms with Crippen LogP contribution >= 0.6 is 11.3 Å². The fraction of sp³-hybridized carbons (Fsp3) is 0.350. The molecule has 1 atom stereocenters. The molecule has 0 aliphatic carbocycles. The summed E-state index contributed by atoms with van der Waals surface area (Å²) < 4.78 is 11.3. The van der Waals surface area contributed by atoms with Crippen molar-refractivity contribution < 1.29 is 14.4 Å². The number of aliphatic hydroxyl groups is 1. The molecule has 11 nitrogen and oxygen atoms in total. The van der Waals surface area contributed by atoms with E-state index in [2.05, 4.69) is 35.5 Å². The molecule has 0 bridgehead atoms. The van der Waals surface area contributed by atoms with Crippen LogP contribution in [-0.2, 0) is 0 Å². The van der Waals surface area contributed by atoms with Crippen molar-refractivity contribution in [3.05, 3.63) is 41.2 Å². The van der Waals surface area contributed by atoms with E-state index in [9.17, 15) is 0 Å². The van der Waals surface area contributed by atoms with Gasteiger partial charge in [0.15, 0.2) is 11.6 Å². The lowest BCUT2D eigenvalue weighted by Crippen LogP contribution is -2.25. The molecule has 0 amide bonds. The zero-order valence-corrected chi connectivity index (χ0v) is 18.2. The van der Waals surface area contributed by atoms with Gasteiger partial charge in [-0.3, -0.25) is 5.10 Å². The minimum Gasteiger partial charge on any atom is -0.475 e. The molecule has 1 saturated heterocycles. The van der Waals surface area contributed by atoms with E-state index in [4.69, 9.17) is 19.4 Å². The van der Waals surface area contributed by atoms with Crippen LogP contribution in [0.3, 0.4) is 0 Å². The van der Waals surface area contributed by atoms with E-state index in [1.807, 2.05) is 24.4 Å². The molecule has 3 N–H and O–H groups in total. The van der Waals surface area contributed by atoms with Gasteiger partial charge >= 0.3 is 0 Å². The van der Waals surface area contributed by atoms with Crippen LogP contribution in [0.5, 0.6) is 5.88 Å². The van der Waals surface area contributed by atoms with Crippen LogP contribution in [0.15, 0.2) is 34.3 Å². The standard InChI is InChI=1S/C20H22N8O3S/c1-12-9-17(26-25-12)22-16-11-18(30-7-6-29)24-20(23-16)28-5-2-3-14(28)15-10-13(27-31-15)19-21-4-8-32-19/h4,8-11,14,29H,2-3,5-7H2,1H3,(H2,22,23,24,25,26). The summed E-state index contributed by atoms with van der Waals surface area (Å²) in [6.07, 6.45) is 3.60. The van der Waals surface area contributed by atoms with E-state index in [0.717, 1.165) is 41.5 Å². The normalized spacial score (nSPS) is 15.9. The molecule has 0 saturated carbocycles. The van der Waals surface area contributed by atoms with Crippen LogP contribution in [0, 0.1) is 6.92 Å². The first kappa shape index (κ1) is 20.4. The van der Waals surface area contributed by atoms with E-state index < -0.39 is 0 Å². The summed E-state index contributed by atoms with van der Waals surface area (Å²) in [5.41, 5.74) is 1.65. The number of aromatic amines is 1. The monoisotopic (exact) mass is 454 g/mol. The van der Waals surface area contributed by atoms with E-state index >= 15 is 0 Å². The molecular formula is C20H22N8O3S. The largest absolute Gasteiger partial charge is 0.475 e. The molecule has 1 fully saturated rings. The third-order valence-electron chi connectivity index (χ3n) is 5.01. The molecule has 32 heavy (non-hydrogen) atoms. The molecule has 4 aromatic heterocycles. The smallest absolute Gasteiger partial charge is 0.231 e. The Balaban J connectivity index is 1.44. The predicted octanol–water partition coefficient (Wildman–Crippen LogP) is 3.08. The summed E-state index contributed by atoms with van der Waals surface area (Å²) in [4.78, 5) is 15.7. The van der Waals surface area contributed by atoms with E-state index in [1.165, 1.54) is 11.3 Å². The number of ether oxygens (including phenoxy) is 1.